The first kappa shape index (κ1) is 17.6. The molecular weight excluding hydrogens is 342 g/mol. The Morgan fingerprint density at radius 3 is 2.71 bits per heavy atom. The van der Waals surface area contributed by atoms with Gasteiger partial charge in [0.1, 0.15) is 0 Å². The number of sulfonamides is 1. The van der Waals surface area contributed by atoms with Crippen LogP contribution in [0.15, 0.2) is 35.7 Å². The van der Waals surface area contributed by atoms with Crippen molar-refractivity contribution < 1.29 is 13.2 Å². The molecule has 1 aliphatic carbocycles. The van der Waals surface area contributed by atoms with Crippen molar-refractivity contribution in [2.45, 2.75) is 31.7 Å². The Balaban J connectivity index is 1.91. The molecule has 24 heavy (non-hydrogen) atoms. The number of thiophene rings is 1. The van der Waals surface area contributed by atoms with E-state index in [0.717, 1.165) is 23.3 Å². The Morgan fingerprint density at radius 2 is 2.00 bits per heavy atom. The molecule has 0 amide bonds. The van der Waals surface area contributed by atoms with Gasteiger partial charge in [0, 0.05) is 12.0 Å². The van der Waals surface area contributed by atoms with Crippen molar-refractivity contribution in [1.82, 2.24) is 4.72 Å². The van der Waals surface area contributed by atoms with Crippen LogP contribution in [0, 0.1) is 0 Å². The van der Waals surface area contributed by atoms with Gasteiger partial charge in [0.2, 0.25) is 10.0 Å². The predicted molar refractivity (Wildman–Crippen MR) is 98.0 cm³/mol. The molecule has 130 valence electrons. The van der Waals surface area contributed by atoms with Gasteiger partial charge < -0.3 is 4.74 Å². The summed E-state index contributed by atoms with van der Waals surface area (Å²) in [5.74, 6) is -0.0314. The quantitative estimate of drug-likeness (QED) is 0.819. The molecule has 0 bridgehead atoms. The van der Waals surface area contributed by atoms with Crippen LogP contribution < -0.4 is 4.72 Å². The molecule has 2 aromatic rings. The number of nitrogens with one attached hydrogen (secondary N) is 1. The van der Waals surface area contributed by atoms with Crippen LogP contribution in [0.5, 0.6) is 0 Å². The standard InChI is InChI=1S/C18H23NO3S2/c1-22-10-12-24(20,21)19-18(17-7-4-11-23-17)16-9-8-14-5-2-3-6-15(14)13-16/h4,7-9,11,13,18-19H,2-3,5-6,10,12H2,1H3/t18-/m1/s1. The number of aryl methyl sites for hydroxylation is 2. The lowest BCUT2D eigenvalue weighted by Gasteiger charge is -2.22. The fraction of sp³-hybridized carbons (Fsp3) is 0.444. The van der Waals surface area contributed by atoms with E-state index in [0.29, 0.717) is 0 Å². The Kier molecular flexibility index (Phi) is 5.71. The molecule has 0 aliphatic heterocycles. The number of hydrogen-bond donors (Lipinski definition) is 1. The van der Waals surface area contributed by atoms with Crippen LogP contribution in [0.4, 0.5) is 0 Å². The zero-order chi connectivity index (χ0) is 17.0. The van der Waals surface area contributed by atoms with Gasteiger partial charge in [0.15, 0.2) is 0 Å². The summed E-state index contributed by atoms with van der Waals surface area (Å²) < 4.78 is 32.5. The minimum atomic E-state index is -3.41. The number of hydrogen-bond acceptors (Lipinski definition) is 4. The fourth-order valence-corrected chi connectivity index (χ4v) is 5.11. The van der Waals surface area contributed by atoms with E-state index in [1.807, 2.05) is 17.5 Å². The van der Waals surface area contributed by atoms with Crippen molar-refractivity contribution in [2.75, 3.05) is 19.5 Å². The summed E-state index contributed by atoms with van der Waals surface area (Å²) in [4.78, 5) is 1.01. The third-order valence-electron chi connectivity index (χ3n) is 4.39. The Labute approximate surface area is 147 Å². The lowest BCUT2D eigenvalue weighted by molar-refractivity contribution is 0.217. The van der Waals surface area contributed by atoms with E-state index in [2.05, 4.69) is 22.9 Å². The van der Waals surface area contributed by atoms with Crippen LogP contribution in [0.3, 0.4) is 0 Å². The van der Waals surface area contributed by atoms with Crippen molar-refractivity contribution in [3.8, 4) is 0 Å². The summed E-state index contributed by atoms with van der Waals surface area (Å²) in [5, 5.41) is 1.98. The van der Waals surface area contributed by atoms with Gasteiger partial charge in [0.25, 0.3) is 0 Å². The largest absolute Gasteiger partial charge is 0.384 e. The van der Waals surface area contributed by atoms with Gasteiger partial charge in [-0.15, -0.1) is 11.3 Å². The summed E-state index contributed by atoms with van der Waals surface area (Å²) in [6, 6.07) is 10.0. The Bertz CT molecular complexity index is 770. The van der Waals surface area contributed by atoms with E-state index in [-0.39, 0.29) is 18.4 Å². The second-order valence-electron chi connectivity index (χ2n) is 6.11. The van der Waals surface area contributed by atoms with Crippen LogP contribution in [0.2, 0.25) is 0 Å². The van der Waals surface area contributed by atoms with E-state index >= 15 is 0 Å². The maximum absolute atomic E-state index is 12.4. The molecule has 1 heterocycles. The first-order valence-corrected chi connectivity index (χ1v) is 10.8. The van der Waals surface area contributed by atoms with E-state index in [9.17, 15) is 8.42 Å². The SMILES string of the molecule is COCCS(=O)(=O)N[C@H](c1ccc2c(c1)CCCC2)c1cccs1. The Morgan fingerprint density at radius 1 is 1.21 bits per heavy atom. The first-order chi connectivity index (χ1) is 11.6. The molecule has 1 N–H and O–H groups in total. The zero-order valence-corrected chi connectivity index (χ0v) is 15.5. The molecule has 0 saturated heterocycles. The van der Waals surface area contributed by atoms with E-state index < -0.39 is 10.0 Å². The van der Waals surface area contributed by atoms with E-state index in [1.165, 1.54) is 31.1 Å². The third kappa shape index (κ3) is 4.25. The van der Waals surface area contributed by atoms with Crippen LogP contribution in [-0.4, -0.2) is 27.9 Å². The van der Waals surface area contributed by atoms with Crippen molar-refractivity contribution in [1.29, 1.82) is 0 Å². The summed E-state index contributed by atoms with van der Waals surface area (Å²) in [5.41, 5.74) is 3.77. The first-order valence-electron chi connectivity index (χ1n) is 8.23. The minimum Gasteiger partial charge on any atom is -0.384 e. The molecule has 6 heteroatoms. The zero-order valence-electron chi connectivity index (χ0n) is 13.8. The smallest absolute Gasteiger partial charge is 0.214 e. The van der Waals surface area contributed by atoms with Crippen molar-refractivity contribution in [3.05, 3.63) is 57.3 Å². The molecule has 0 radical (unpaired) electrons. The molecule has 4 nitrogen and oxygen atoms in total. The maximum atomic E-state index is 12.4. The van der Waals surface area contributed by atoms with E-state index in [1.54, 1.807) is 11.3 Å². The van der Waals surface area contributed by atoms with Crippen molar-refractivity contribution in [2.24, 2.45) is 0 Å². The molecule has 3 rings (SSSR count). The van der Waals surface area contributed by atoms with Gasteiger partial charge in [0.05, 0.1) is 18.4 Å². The molecule has 0 fully saturated rings. The number of ether oxygens (including phenoxy) is 1. The molecule has 1 aromatic heterocycles. The summed E-state index contributed by atoms with van der Waals surface area (Å²) in [6.07, 6.45) is 4.65. The molecule has 0 unspecified atom stereocenters. The van der Waals surface area contributed by atoms with Crippen LogP contribution in [-0.2, 0) is 27.6 Å². The highest BCUT2D eigenvalue weighted by atomic mass is 32.2. The molecule has 1 aliphatic rings. The fourth-order valence-electron chi connectivity index (χ4n) is 3.11. The van der Waals surface area contributed by atoms with Gasteiger partial charge in [-0.25, -0.2) is 13.1 Å². The maximum Gasteiger partial charge on any atom is 0.214 e. The minimum absolute atomic E-state index is 0.0314. The normalized spacial score (nSPS) is 15.9. The van der Waals surface area contributed by atoms with Gasteiger partial charge >= 0.3 is 0 Å². The molecule has 0 spiro atoms. The summed E-state index contributed by atoms with van der Waals surface area (Å²) in [6.45, 7) is 0.191. The van der Waals surface area contributed by atoms with Crippen molar-refractivity contribution >= 4 is 21.4 Å². The topological polar surface area (TPSA) is 55.4 Å². The predicted octanol–water partition coefficient (Wildman–Crippen LogP) is 3.28. The van der Waals surface area contributed by atoms with Gasteiger partial charge in [-0.1, -0.05) is 24.3 Å². The lowest BCUT2D eigenvalue weighted by atomic mass is 9.89. The van der Waals surface area contributed by atoms with Gasteiger partial charge in [-0.05, 0) is 53.8 Å². The van der Waals surface area contributed by atoms with Crippen molar-refractivity contribution in [3.63, 3.8) is 0 Å². The number of fused-ring (bicyclic) bond motifs is 1. The highest BCUT2D eigenvalue weighted by Gasteiger charge is 2.23. The average molecular weight is 366 g/mol. The molecule has 0 saturated carbocycles. The van der Waals surface area contributed by atoms with E-state index in [4.69, 9.17) is 4.74 Å². The monoisotopic (exact) mass is 365 g/mol. The summed E-state index contributed by atoms with van der Waals surface area (Å²) >= 11 is 1.57. The molecular formula is C18H23NO3S2. The van der Waals surface area contributed by atoms with Gasteiger partial charge in [-0.3, -0.25) is 0 Å². The summed E-state index contributed by atoms with van der Waals surface area (Å²) in [7, 11) is -1.90. The highest BCUT2D eigenvalue weighted by molar-refractivity contribution is 7.89. The second kappa shape index (κ2) is 7.78. The number of methoxy groups -OCH3 is 1. The third-order valence-corrected chi connectivity index (χ3v) is 6.62. The second-order valence-corrected chi connectivity index (χ2v) is 8.97. The van der Waals surface area contributed by atoms with Crippen LogP contribution >= 0.6 is 11.3 Å². The molecule has 1 atom stereocenters. The Hall–Kier alpha value is -1.21. The average Bonchev–Trinajstić information content (AvgIpc) is 3.12. The van der Waals surface area contributed by atoms with Crippen LogP contribution in [0.25, 0.3) is 0 Å². The highest BCUT2D eigenvalue weighted by Crippen LogP contribution is 2.30. The van der Waals surface area contributed by atoms with Gasteiger partial charge in [-0.2, -0.15) is 0 Å². The lowest BCUT2D eigenvalue weighted by Crippen LogP contribution is -2.32. The molecule has 1 aromatic carbocycles. The number of rotatable bonds is 7. The van der Waals surface area contributed by atoms with Crippen LogP contribution in [0.1, 0.15) is 40.5 Å². The number of benzene rings is 1.